The van der Waals surface area contributed by atoms with Gasteiger partial charge in [-0.25, -0.2) is 0 Å². The smallest absolute Gasteiger partial charge is 0.255 e. The molecule has 0 spiro atoms. The molecule has 110 valence electrons. The molecule has 2 heterocycles. The normalized spacial score (nSPS) is 31.5. The van der Waals surface area contributed by atoms with E-state index in [0.29, 0.717) is 0 Å². The fourth-order valence-corrected chi connectivity index (χ4v) is 3.04. The van der Waals surface area contributed by atoms with Crippen LogP contribution in [-0.4, -0.2) is 41.7 Å². The van der Waals surface area contributed by atoms with Crippen LogP contribution in [0.1, 0.15) is 25.5 Å². The van der Waals surface area contributed by atoms with Crippen LogP contribution in [0.2, 0.25) is 0 Å². The maximum absolute atomic E-state index is 12.2. The summed E-state index contributed by atoms with van der Waals surface area (Å²) in [6.07, 6.45) is -0.655. The predicted molar refractivity (Wildman–Crippen MR) is 75.2 cm³/mol. The fraction of sp³-hybridized carbons (Fsp3) is 0.500. The highest BCUT2D eigenvalue weighted by molar-refractivity contribution is 5.90. The van der Waals surface area contributed by atoms with Crippen molar-refractivity contribution in [2.45, 2.75) is 43.7 Å². The molecule has 2 fully saturated rings. The number of likely N-dealkylation sites (tertiary alicyclic amines) is 1. The lowest BCUT2D eigenvalue weighted by molar-refractivity contribution is -0.180. The Morgan fingerprint density at radius 3 is 2.57 bits per heavy atom. The van der Waals surface area contributed by atoms with E-state index < -0.39 is 11.6 Å². The first-order valence-corrected chi connectivity index (χ1v) is 6.99. The van der Waals surface area contributed by atoms with E-state index in [-0.39, 0.29) is 24.2 Å². The molecule has 21 heavy (non-hydrogen) atoms. The number of hydrogen-bond acceptors (Lipinski definition) is 4. The third kappa shape index (κ3) is 2.11. The maximum Gasteiger partial charge on any atom is 0.255 e. The van der Waals surface area contributed by atoms with Crippen LogP contribution in [0, 0.1) is 11.3 Å². The van der Waals surface area contributed by atoms with Crippen LogP contribution in [-0.2, 0) is 14.3 Å². The number of β-lactam (4-membered cyclic amide) rings is 1. The van der Waals surface area contributed by atoms with Gasteiger partial charge in [-0.1, -0.05) is 30.3 Å². The van der Waals surface area contributed by atoms with Gasteiger partial charge < -0.3 is 14.4 Å². The number of benzene rings is 1. The molecule has 0 radical (unpaired) electrons. The highest BCUT2D eigenvalue weighted by atomic mass is 16.6. The molecule has 4 atom stereocenters. The molecule has 3 rings (SSSR count). The third-order valence-corrected chi connectivity index (χ3v) is 4.21. The fourth-order valence-electron chi connectivity index (χ4n) is 3.04. The van der Waals surface area contributed by atoms with Crippen molar-refractivity contribution in [1.29, 1.82) is 5.26 Å². The van der Waals surface area contributed by atoms with Gasteiger partial charge >= 0.3 is 0 Å². The molecule has 0 bridgehead atoms. The standard InChI is InChI=1S/C16H18N2O3/c1-16(2,9-17)18-11(14(20-3)15(18)19)13-12(21-13)10-7-5-4-6-8-10/h4-8,11-14H,1-3H3/t11-,12+,13-,14+/m1/s1. The van der Waals surface area contributed by atoms with Gasteiger partial charge in [0.25, 0.3) is 5.91 Å². The van der Waals surface area contributed by atoms with Crippen molar-refractivity contribution in [1.82, 2.24) is 4.90 Å². The minimum atomic E-state index is -0.857. The van der Waals surface area contributed by atoms with Gasteiger partial charge in [0.1, 0.15) is 17.7 Å². The molecule has 0 aromatic heterocycles. The second-order valence-electron chi connectivity index (χ2n) is 5.96. The summed E-state index contributed by atoms with van der Waals surface area (Å²) < 4.78 is 11.1. The predicted octanol–water partition coefficient (Wildman–Crippen LogP) is 1.65. The van der Waals surface area contributed by atoms with E-state index in [4.69, 9.17) is 9.47 Å². The highest BCUT2D eigenvalue weighted by Gasteiger charge is 2.63. The zero-order valence-corrected chi connectivity index (χ0v) is 12.3. The van der Waals surface area contributed by atoms with E-state index in [1.54, 1.807) is 18.7 Å². The first-order valence-electron chi connectivity index (χ1n) is 6.99. The summed E-state index contributed by atoms with van der Waals surface area (Å²) in [7, 11) is 1.52. The molecule has 0 saturated carbocycles. The second kappa shape index (κ2) is 4.83. The zero-order valence-electron chi connectivity index (χ0n) is 12.3. The monoisotopic (exact) mass is 286 g/mol. The molecule has 5 heteroatoms. The van der Waals surface area contributed by atoms with Gasteiger partial charge in [0.15, 0.2) is 6.10 Å². The number of methoxy groups -OCH3 is 1. The minimum absolute atomic E-state index is 0.0288. The lowest BCUT2D eigenvalue weighted by Crippen LogP contribution is -2.73. The number of nitrogens with zero attached hydrogens (tertiary/aromatic N) is 2. The van der Waals surface area contributed by atoms with Crippen LogP contribution in [0.4, 0.5) is 0 Å². The molecule has 0 N–H and O–H groups in total. The van der Waals surface area contributed by atoms with E-state index >= 15 is 0 Å². The number of epoxide rings is 1. The lowest BCUT2D eigenvalue weighted by Gasteiger charge is -2.51. The molecule has 1 amide bonds. The molecule has 2 aliphatic rings. The summed E-state index contributed by atoms with van der Waals surface area (Å²) in [5.41, 5.74) is 0.232. The molecule has 1 aromatic rings. The Balaban J connectivity index is 1.81. The van der Waals surface area contributed by atoms with Gasteiger partial charge in [-0.05, 0) is 19.4 Å². The Kier molecular flexibility index (Phi) is 3.23. The van der Waals surface area contributed by atoms with E-state index in [1.807, 2.05) is 30.3 Å². The maximum atomic E-state index is 12.2. The number of nitriles is 1. The lowest BCUT2D eigenvalue weighted by atomic mass is 9.85. The minimum Gasteiger partial charge on any atom is -0.369 e. The number of rotatable bonds is 4. The van der Waals surface area contributed by atoms with Crippen LogP contribution in [0.3, 0.4) is 0 Å². The summed E-state index contributed by atoms with van der Waals surface area (Å²) >= 11 is 0. The van der Waals surface area contributed by atoms with Crippen molar-refractivity contribution in [2.24, 2.45) is 0 Å². The summed E-state index contributed by atoms with van der Waals surface area (Å²) in [4.78, 5) is 13.8. The zero-order chi connectivity index (χ0) is 15.2. The SMILES string of the molecule is CO[C@@H]1C(=O)N(C(C)(C)C#N)[C@@H]1[C@H]1O[C@H]1c1ccccc1. The molecule has 0 aliphatic carbocycles. The number of carbonyl (C=O) groups excluding carboxylic acids is 1. The molecule has 5 nitrogen and oxygen atoms in total. The van der Waals surface area contributed by atoms with Gasteiger partial charge in [-0.3, -0.25) is 4.79 Å². The van der Waals surface area contributed by atoms with Gasteiger partial charge in [-0.15, -0.1) is 0 Å². The molecule has 0 unspecified atom stereocenters. The largest absolute Gasteiger partial charge is 0.369 e. The second-order valence-corrected chi connectivity index (χ2v) is 5.96. The van der Waals surface area contributed by atoms with Gasteiger partial charge in [0.2, 0.25) is 0 Å². The first kappa shape index (κ1) is 14.1. The van der Waals surface area contributed by atoms with Crippen LogP contribution in [0.15, 0.2) is 30.3 Å². The van der Waals surface area contributed by atoms with Crippen LogP contribution in [0.25, 0.3) is 0 Å². The quantitative estimate of drug-likeness (QED) is 0.623. The third-order valence-electron chi connectivity index (χ3n) is 4.21. The summed E-state index contributed by atoms with van der Waals surface area (Å²) in [5.74, 6) is -0.142. The number of carbonyl (C=O) groups is 1. The molecule has 1 aromatic carbocycles. The summed E-state index contributed by atoms with van der Waals surface area (Å²) in [5, 5.41) is 9.28. The summed E-state index contributed by atoms with van der Waals surface area (Å²) in [6, 6.07) is 11.9. The van der Waals surface area contributed by atoms with Crippen LogP contribution >= 0.6 is 0 Å². The van der Waals surface area contributed by atoms with Crippen molar-refractivity contribution in [2.75, 3.05) is 7.11 Å². The van der Waals surface area contributed by atoms with E-state index in [1.165, 1.54) is 7.11 Å². The van der Waals surface area contributed by atoms with Crippen molar-refractivity contribution in [3.63, 3.8) is 0 Å². The average Bonchev–Trinajstić information content (AvgIpc) is 3.25. The molecular weight excluding hydrogens is 268 g/mol. The Bertz CT molecular complexity index is 593. The van der Waals surface area contributed by atoms with Gasteiger partial charge in [0.05, 0.1) is 12.1 Å². The number of ether oxygens (including phenoxy) is 2. The Hall–Kier alpha value is -1.90. The Morgan fingerprint density at radius 1 is 1.33 bits per heavy atom. The molecular formula is C16H18N2O3. The number of amides is 1. The average molecular weight is 286 g/mol. The van der Waals surface area contributed by atoms with E-state index in [2.05, 4.69) is 6.07 Å². The van der Waals surface area contributed by atoms with E-state index in [9.17, 15) is 10.1 Å². The molecule has 2 aliphatic heterocycles. The summed E-state index contributed by atoms with van der Waals surface area (Å²) in [6.45, 7) is 3.48. The number of hydrogen-bond donors (Lipinski definition) is 0. The van der Waals surface area contributed by atoms with Crippen molar-refractivity contribution < 1.29 is 14.3 Å². The topological polar surface area (TPSA) is 65.9 Å². The van der Waals surface area contributed by atoms with E-state index in [0.717, 1.165) is 5.56 Å². The van der Waals surface area contributed by atoms with Crippen LogP contribution < -0.4 is 0 Å². The first-order chi connectivity index (χ1) is 10.0. The Labute approximate surface area is 124 Å². The molecule has 2 saturated heterocycles. The highest BCUT2D eigenvalue weighted by Crippen LogP contribution is 2.48. The Morgan fingerprint density at radius 2 is 2.00 bits per heavy atom. The van der Waals surface area contributed by atoms with Crippen molar-refractivity contribution in [3.8, 4) is 6.07 Å². The van der Waals surface area contributed by atoms with Crippen molar-refractivity contribution in [3.05, 3.63) is 35.9 Å². The van der Waals surface area contributed by atoms with Crippen molar-refractivity contribution >= 4 is 5.91 Å². The van der Waals surface area contributed by atoms with Crippen LogP contribution in [0.5, 0.6) is 0 Å². The van der Waals surface area contributed by atoms with Gasteiger partial charge in [-0.2, -0.15) is 5.26 Å². The van der Waals surface area contributed by atoms with Gasteiger partial charge in [0, 0.05) is 7.11 Å².